The van der Waals surface area contributed by atoms with Gasteiger partial charge in [-0.2, -0.15) is 5.10 Å². The van der Waals surface area contributed by atoms with Crippen LogP contribution >= 0.6 is 0 Å². The fraction of sp³-hybridized carbons (Fsp3) is 0.263. The van der Waals surface area contributed by atoms with Crippen LogP contribution in [0.15, 0.2) is 61.2 Å². The third kappa shape index (κ3) is 4.20. The molecule has 3 aromatic rings. The lowest BCUT2D eigenvalue weighted by molar-refractivity contribution is 0.101. The van der Waals surface area contributed by atoms with Crippen molar-refractivity contribution in [2.75, 3.05) is 19.8 Å². The number of hydrogen-bond acceptors (Lipinski definition) is 4. The molecule has 0 unspecified atom stereocenters. The summed E-state index contributed by atoms with van der Waals surface area (Å²) in [6, 6.07) is 11.9. The van der Waals surface area contributed by atoms with E-state index >= 15 is 0 Å². The van der Waals surface area contributed by atoms with Crippen molar-refractivity contribution in [3.05, 3.63) is 61.2 Å². The second-order valence-electron chi connectivity index (χ2n) is 5.37. The first-order valence-electron chi connectivity index (χ1n) is 8.13. The van der Waals surface area contributed by atoms with Crippen molar-refractivity contribution in [3.63, 3.8) is 0 Å². The molecule has 24 heavy (non-hydrogen) atoms. The van der Waals surface area contributed by atoms with E-state index in [0.29, 0.717) is 13.2 Å². The van der Waals surface area contributed by atoms with E-state index in [1.807, 2.05) is 53.5 Å². The van der Waals surface area contributed by atoms with Crippen LogP contribution in [0.5, 0.6) is 5.75 Å². The smallest absolute Gasteiger partial charge is 0.120 e. The van der Waals surface area contributed by atoms with Crippen molar-refractivity contribution in [1.29, 1.82) is 0 Å². The van der Waals surface area contributed by atoms with Crippen molar-refractivity contribution in [1.82, 2.24) is 14.8 Å². The van der Waals surface area contributed by atoms with Crippen molar-refractivity contribution in [2.45, 2.75) is 13.3 Å². The van der Waals surface area contributed by atoms with Gasteiger partial charge in [0.25, 0.3) is 0 Å². The highest BCUT2D eigenvalue weighted by atomic mass is 16.5. The second kappa shape index (κ2) is 8.26. The van der Waals surface area contributed by atoms with Crippen LogP contribution in [0.25, 0.3) is 16.8 Å². The summed E-state index contributed by atoms with van der Waals surface area (Å²) in [7, 11) is 0. The van der Waals surface area contributed by atoms with Gasteiger partial charge in [-0.05, 0) is 36.2 Å². The Morgan fingerprint density at radius 3 is 2.79 bits per heavy atom. The van der Waals surface area contributed by atoms with E-state index in [0.717, 1.165) is 35.6 Å². The third-order valence-corrected chi connectivity index (χ3v) is 3.51. The molecule has 0 atom stereocenters. The van der Waals surface area contributed by atoms with Gasteiger partial charge >= 0.3 is 0 Å². The van der Waals surface area contributed by atoms with Crippen LogP contribution in [-0.4, -0.2) is 34.6 Å². The number of benzene rings is 1. The van der Waals surface area contributed by atoms with Crippen LogP contribution in [0.2, 0.25) is 0 Å². The Morgan fingerprint density at radius 2 is 1.96 bits per heavy atom. The predicted octanol–water partition coefficient (Wildman–Crippen LogP) is 3.74. The summed E-state index contributed by atoms with van der Waals surface area (Å²) in [6.45, 7) is 4.03. The zero-order valence-corrected chi connectivity index (χ0v) is 13.8. The maximum Gasteiger partial charge on any atom is 0.120 e. The largest absolute Gasteiger partial charge is 0.491 e. The van der Waals surface area contributed by atoms with E-state index in [2.05, 4.69) is 17.0 Å². The SMILES string of the molecule is CCCOCCOc1cccc(-c2cnn(-c3cccnc3)c2)c1. The zero-order valence-electron chi connectivity index (χ0n) is 13.8. The fourth-order valence-corrected chi connectivity index (χ4v) is 2.33. The molecule has 2 heterocycles. The molecule has 2 aromatic heterocycles. The summed E-state index contributed by atoms with van der Waals surface area (Å²) in [4.78, 5) is 4.12. The lowest BCUT2D eigenvalue weighted by Crippen LogP contribution is -2.07. The monoisotopic (exact) mass is 323 g/mol. The molecule has 124 valence electrons. The first-order chi connectivity index (χ1) is 11.9. The van der Waals surface area contributed by atoms with Gasteiger partial charge in [-0.3, -0.25) is 4.98 Å². The molecule has 0 fully saturated rings. The van der Waals surface area contributed by atoms with Crippen LogP contribution in [0, 0.1) is 0 Å². The molecule has 1 aromatic carbocycles. The highest BCUT2D eigenvalue weighted by Crippen LogP contribution is 2.24. The van der Waals surface area contributed by atoms with Crippen molar-refractivity contribution < 1.29 is 9.47 Å². The van der Waals surface area contributed by atoms with Crippen molar-refractivity contribution >= 4 is 0 Å². The van der Waals surface area contributed by atoms with E-state index < -0.39 is 0 Å². The molecule has 0 bridgehead atoms. The quantitative estimate of drug-likeness (QED) is 0.593. The van der Waals surface area contributed by atoms with Gasteiger partial charge in [0.1, 0.15) is 12.4 Å². The molecule has 3 rings (SSSR count). The highest BCUT2D eigenvalue weighted by Gasteiger charge is 2.05. The Hall–Kier alpha value is -2.66. The first kappa shape index (κ1) is 16.2. The van der Waals surface area contributed by atoms with Crippen LogP contribution in [0.1, 0.15) is 13.3 Å². The highest BCUT2D eigenvalue weighted by molar-refractivity contribution is 5.64. The standard InChI is InChI=1S/C19H21N3O2/c1-2-9-23-10-11-24-19-7-3-5-16(12-19)17-13-21-22(15-17)18-6-4-8-20-14-18/h3-8,12-15H,2,9-11H2,1H3. The molecule has 0 aliphatic carbocycles. The molecular weight excluding hydrogens is 302 g/mol. The molecule has 0 spiro atoms. The van der Waals surface area contributed by atoms with Gasteiger partial charge in [0.05, 0.1) is 24.7 Å². The maximum absolute atomic E-state index is 5.74. The van der Waals surface area contributed by atoms with E-state index in [-0.39, 0.29) is 0 Å². The molecular formula is C19H21N3O2. The van der Waals surface area contributed by atoms with Gasteiger partial charge < -0.3 is 9.47 Å². The number of hydrogen-bond donors (Lipinski definition) is 0. The maximum atomic E-state index is 5.74. The number of pyridine rings is 1. The number of ether oxygens (including phenoxy) is 2. The van der Waals surface area contributed by atoms with Gasteiger partial charge in [0, 0.05) is 24.6 Å². The average molecular weight is 323 g/mol. The molecule has 0 radical (unpaired) electrons. The van der Waals surface area contributed by atoms with Crippen LogP contribution in [0.3, 0.4) is 0 Å². The molecule has 5 heteroatoms. The van der Waals surface area contributed by atoms with Gasteiger partial charge in [-0.15, -0.1) is 0 Å². The Labute approximate surface area is 141 Å². The summed E-state index contributed by atoms with van der Waals surface area (Å²) in [5, 5.41) is 4.40. The van der Waals surface area contributed by atoms with Crippen LogP contribution in [0.4, 0.5) is 0 Å². The normalized spacial score (nSPS) is 10.7. The molecule has 0 saturated carbocycles. The Balaban J connectivity index is 1.67. The van der Waals surface area contributed by atoms with E-state index in [4.69, 9.17) is 9.47 Å². The minimum atomic E-state index is 0.554. The predicted molar refractivity (Wildman–Crippen MR) is 93.4 cm³/mol. The van der Waals surface area contributed by atoms with E-state index in [9.17, 15) is 0 Å². The Kier molecular flexibility index (Phi) is 5.58. The molecule has 0 N–H and O–H groups in total. The van der Waals surface area contributed by atoms with Gasteiger partial charge in [-0.25, -0.2) is 4.68 Å². The molecule has 0 aliphatic heterocycles. The Bertz CT molecular complexity index is 756. The zero-order chi connectivity index (χ0) is 16.6. The molecule has 0 amide bonds. The van der Waals surface area contributed by atoms with Gasteiger partial charge in [-0.1, -0.05) is 19.1 Å². The van der Waals surface area contributed by atoms with Gasteiger partial charge in [0.15, 0.2) is 0 Å². The summed E-state index contributed by atoms with van der Waals surface area (Å²) in [5.41, 5.74) is 3.04. The third-order valence-electron chi connectivity index (χ3n) is 3.51. The first-order valence-corrected chi connectivity index (χ1v) is 8.13. The fourth-order valence-electron chi connectivity index (χ4n) is 2.33. The van der Waals surface area contributed by atoms with Crippen molar-refractivity contribution in [3.8, 4) is 22.6 Å². The number of rotatable bonds is 8. The molecule has 0 aliphatic rings. The molecule has 5 nitrogen and oxygen atoms in total. The average Bonchev–Trinajstić information content (AvgIpc) is 3.13. The summed E-state index contributed by atoms with van der Waals surface area (Å²) in [6.07, 6.45) is 8.39. The molecule has 0 saturated heterocycles. The number of nitrogens with zero attached hydrogens (tertiary/aromatic N) is 3. The minimum absolute atomic E-state index is 0.554. The second-order valence-corrected chi connectivity index (χ2v) is 5.37. The van der Waals surface area contributed by atoms with Gasteiger partial charge in [0.2, 0.25) is 0 Å². The number of aromatic nitrogens is 3. The van der Waals surface area contributed by atoms with Crippen LogP contribution < -0.4 is 4.74 Å². The summed E-state index contributed by atoms with van der Waals surface area (Å²) < 4.78 is 13.0. The minimum Gasteiger partial charge on any atom is -0.491 e. The van der Waals surface area contributed by atoms with Crippen LogP contribution in [-0.2, 0) is 4.74 Å². The topological polar surface area (TPSA) is 49.2 Å². The summed E-state index contributed by atoms with van der Waals surface area (Å²) in [5.74, 6) is 0.835. The lowest BCUT2D eigenvalue weighted by atomic mass is 10.1. The Morgan fingerprint density at radius 1 is 1.00 bits per heavy atom. The lowest BCUT2D eigenvalue weighted by Gasteiger charge is -2.07. The van der Waals surface area contributed by atoms with Crippen molar-refractivity contribution in [2.24, 2.45) is 0 Å². The van der Waals surface area contributed by atoms with E-state index in [1.165, 1.54) is 0 Å². The van der Waals surface area contributed by atoms with E-state index in [1.54, 1.807) is 12.4 Å². The summed E-state index contributed by atoms with van der Waals surface area (Å²) >= 11 is 0.